The zero-order valence-electron chi connectivity index (χ0n) is 16.4. The smallest absolute Gasteiger partial charge is 0.257 e. The van der Waals surface area contributed by atoms with Crippen LogP contribution in [0.3, 0.4) is 0 Å². The standard InChI is InChI=1S/C22H26N2O4/c1-27-16-17-8-10-18(11-9-17)21(25)23-12-5-13-24(15-14-23)22(26)19-6-3-4-7-20(19)28-2/h3-4,6-11H,5,12-16H2,1-2H3. The summed E-state index contributed by atoms with van der Waals surface area (Å²) in [6.45, 7) is 2.80. The molecule has 1 aliphatic rings. The van der Waals surface area contributed by atoms with E-state index >= 15 is 0 Å². The topological polar surface area (TPSA) is 59.1 Å². The van der Waals surface area contributed by atoms with Crippen molar-refractivity contribution in [2.45, 2.75) is 13.0 Å². The Morgan fingerprint density at radius 1 is 0.857 bits per heavy atom. The summed E-state index contributed by atoms with van der Waals surface area (Å²) >= 11 is 0. The Bertz CT molecular complexity index is 820. The number of nitrogens with zero attached hydrogens (tertiary/aromatic N) is 2. The van der Waals surface area contributed by atoms with Gasteiger partial charge in [0.25, 0.3) is 11.8 Å². The minimum absolute atomic E-state index is 0.00411. The molecule has 0 radical (unpaired) electrons. The summed E-state index contributed by atoms with van der Waals surface area (Å²) < 4.78 is 10.4. The Balaban J connectivity index is 1.65. The molecule has 6 heteroatoms. The molecule has 2 aromatic carbocycles. The molecular weight excluding hydrogens is 356 g/mol. The van der Waals surface area contributed by atoms with Gasteiger partial charge < -0.3 is 19.3 Å². The van der Waals surface area contributed by atoms with Gasteiger partial charge in [-0.1, -0.05) is 24.3 Å². The summed E-state index contributed by atoms with van der Waals surface area (Å²) in [4.78, 5) is 29.4. The highest BCUT2D eigenvalue weighted by atomic mass is 16.5. The van der Waals surface area contributed by atoms with Crippen LogP contribution in [0.4, 0.5) is 0 Å². The number of ether oxygens (including phenoxy) is 2. The second-order valence-corrected chi connectivity index (χ2v) is 6.77. The van der Waals surface area contributed by atoms with Gasteiger partial charge in [0.1, 0.15) is 5.75 Å². The molecule has 1 fully saturated rings. The molecule has 0 saturated carbocycles. The number of amides is 2. The molecule has 2 aromatic rings. The molecule has 1 heterocycles. The molecule has 0 bridgehead atoms. The Labute approximate surface area is 165 Å². The highest BCUT2D eigenvalue weighted by Gasteiger charge is 2.25. The van der Waals surface area contributed by atoms with Crippen LogP contribution < -0.4 is 4.74 Å². The lowest BCUT2D eigenvalue weighted by molar-refractivity contribution is 0.0717. The zero-order chi connectivity index (χ0) is 19.9. The van der Waals surface area contributed by atoms with Crippen molar-refractivity contribution >= 4 is 11.8 Å². The van der Waals surface area contributed by atoms with Gasteiger partial charge in [-0.05, 0) is 36.2 Å². The molecule has 0 N–H and O–H groups in total. The Morgan fingerprint density at radius 3 is 2.14 bits per heavy atom. The van der Waals surface area contributed by atoms with Crippen LogP contribution in [0.25, 0.3) is 0 Å². The van der Waals surface area contributed by atoms with Gasteiger partial charge in [0, 0.05) is 38.9 Å². The molecule has 3 rings (SSSR count). The Kier molecular flexibility index (Phi) is 6.66. The third-order valence-electron chi connectivity index (χ3n) is 4.92. The average molecular weight is 382 g/mol. The Hall–Kier alpha value is -2.86. The van der Waals surface area contributed by atoms with Crippen molar-refractivity contribution in [3.05, 3.63) is 65.2 Å². The van der Waals surface area contributed by atoms with Gasteiger partial charge in [-0.2, -0.15) is 0 Å². The van der Waals surface area contributed by atoms with E-state index in [-0.39, 0.29) is 11.8 Å². The second kappa shape index (κ2) is 9.37. The van der Waals surface area contributed by atoms with Crippen molar-refractivity contribution in [3.63, 3.8) is 0 Å². The van der Waals surface area contributed by atoms with Crippen molar-refractivity contribution in [1.82, 2.24) is 9.80 Å². The maximum absolute atomic E-state index is 12.9. The van der Waals surface area contributed by atoms with E-state index in [0.29, 0.717) is 49.7 Å². The van der Waals surface area contributed by atoms with Crippen molar-refractivity contribution in [2.24, 2.45) is 0 Å². The fourth-order valence-electron chi connectivity index (χ4n) is 3.41. The average Bonchev–Trinajstić information content (AvgIpc) is 3.00. The molecule has 1 aliphatic heterocycles. The first-order valence-electron chi connectivity index (χ1n) is 9.43. The van der Waals surface area contributed by atoms with Crippen LogP contribution in [0.1, 0.15) is 32.7 Å². The minimum atomic E-state index is -0.0596. The van der Waals surface area contributed by atoms with Crippen molar-refractivity contribution in [3.8, 4) is 5.75 Å². The first-order valence-corrected chi connectivity index (χ1v) is 9.43. The normalized spacial score (nSPS) is 14.5. The lowest BCUT2D eigenvalue weighted by Gasteiger charge is -2.23. The number of hydrogen-bond acceptors (Lipinski definition) is 4. The fraction of sp³-hybridized carbons (Fsp3) is 0.364. The number of hydrogen-bond donors (Lipinski definition) is 0. The zero-order valence-corrected chi connectivity index (χ0v) is 16.4. The summed E-state index contributed by atoms with van der Waals surface area (Å²) in [7, 11) is 3.21. The fourth-order valence-corrected chi connectivity index (χ4v) is 3.41. The van der Waals surface area contributed by atoms with Crippen LogP contribution in [-0.4, -0.2) is 62.0 Å². The van der Waals surface area contributed by atoms with Gasteiger partial charge in [-0.15, -0.1) is 0 Å². The summed E-state index contributed by atoms with van der Waals surface area (Å²) in [5.74, 6) is 0.507. The first-order chi connectivity index (χ1) is 13.6. The molecule has 148 valence electrons. The van der Waals surface area contributed by atoms with Crippen LogP contribution in [0.15, 0.2) is 48.5 Å². The van der Waals surface area contributed by atoms with E-state index in [0.717, 1.165) is 12.0 Å². The number of carbonyl (C=O) groups excluding carboxylic acids is 2. The van der Waals surface area contributed by atoms with Gasteiger partial charge in [0.05, 0.1) is 19.3 Å². The van der Waals surface area contributed by atoms with E-state index < -0.39 is 0 Å². The highest BCUT2D eigenvalue weighted by molar-refractivity contribution is 5.97. The maximum atomic E-state index is 12.9. The van der Waals surface area contributed by atoms with E-state index in [1.807, 2.05) is 41.3 Å². The monoisotopic (exact) mass is 382 g/mol. The minimum Gasteiger partial charge on any atom is -0.496 e. The summed E-state index contributed by atoms with van der Waals surface area (Å²) in [6, 6.07) is 14.7. The molecular formula is C22H26N2O4. The number of methoxy groups -OCH3 is 2. The molecule has 0 spiro atoms. The third-order valence-corrected chi connectivity index (χ3v) is 4.92. The van der Waals surface area contributed by atoms with Crippen LogP contribution in [0, 0.1) is 0 Å². The largest absolute Gasteiger partial charge is 0.496 e. The Morgan fingerprint density at radius 2 is 1.50 bits per heavy atom. The lowest BCUT2D eigenvalue weighted by atomic mass is 10.1. The van der Waals surface area contributed by atoms with Gasteiger partial charge in [0.15, 0.2) is 0 Å². The molecule has 1 saturated heterocycles. The quantitative estimate of drug-likeness (QED) is 0.798. The number of carbonyl (C=O) groups is 2. The van der Waals surface area contributed by atoms with E-state index in [2.05, 4.69) is 0 Å². The molecule has 0 aliphatic carbocycles. The number of para-hydroxylation sites is 1. The van der Waals surface area contributed by atoms with Crippen molar-refractivity contribution in [2.75, 3.05) is 40.4 Å². The predicted octanol–water partition coefficient (Wildman–Crippen LogP) is 2.83. The molecule has 2 amide bonds. The van der Waals surface area contributed by atoms with Gasteiger partial charge in [-0.25, -0.2) is 0 Å². The molecule has 0 aromatic heterocycles. The van der Waals surface area contributed by atoms with Gasteiger partial charge >= 0.3 is 0 Å². The van der Waals surface area contributed by atoms with E-state index in [4.69, 9.17) is 9.47 Å². The first kappa shape index (κ1) is 19.9. The second-order valence-electron chi connectivity index (χ2n) is 6.77. The summed E-state index contributed by atoms with van der Waals surface area (Å²) in [5, 5.41) is 0. The number of benzene rings is 2. The van der Waals surface area contributed by atoms with Gasteiger partial charge in [0.2, 0.25) is 0 Å². The van der Waals surface area contributed by atoms with E-state index in [9.17, 15) is 9.59 Å². The number of rotatable bonds is 5. The van der Waals surface area contributed by atoms with Gasteiger partial charge in [-0.3, -0.25) is 9.59 Å². The predicted molar refractivity (Wildman–Crippen MR) is 107 cm³/mol. The SMILES string of the molecule is COCc1ccc(C(=O)N2CCCN(C(=O)c3ccccc3OC)CC2)cc1. The lowest BCUT2D eigenvalue weighted by Crippen LogP contribution is -2.37. The van der Waals surface area contributed by atoms with E-state index in [1.165, 1.54) is 0 Å². The summed E-state index contributed by atoms with van der Waals surface area (Å²) in [6.07, 6.45) is 0.744. The summed E-state index contributed by atoms with van der Waals surface area (Å²) in [5.41, 5.74) is 2.24. The third kappa shape index (κ3) is 4.51. The highest BCUT2D eigenvalue weighted by Crippen LogP contribution is 2.20. The van der Waals surface area contributed by atoms with Crippen LogP contribution in [0.5, 0.6) is 5.75 Å². The van der Waals surface area contributed by atoms with E-state index in [1.54, 1.807) is 31.3 Å². The van der Waals surface area contributed by atoms with Crippen molar-refractivity contribution < 1.29 is 19.1 Å². The molecule has 6 nitrogen and oxygen atoms in total. The van der Waals surface area contributed by atoms with Crippen molar-refractivity contribution in [1.29, 1.82) is 0 Å². The molecule has 0 unspecified atom stereocenters. The van der Waals surface area contributed by atoms with Crippen LogP contribution >= 0.6 is 0 Å². The maximum Gasteiger partial charge on any atom is 0.257 e. The van der Waals surface area contributed by atoms with Crippen LogP contribution in [0.2, 0.25) is 0 Å². The molecule has 0 atom stereocenters. The molecule has 28 heavy (non-hydrogen) atoms. The van der Waals surface area contributed by atoms with Crippen LogP contribution in [-0.2, 0) is 11.3 Å².